The molecule has 1 heterocycles. The minimum Gasteiger partial charge on any atom is -0.397 e. The molecular weight excluding hydrogens is 228 g/mol. The van der Waals surface area contributed by atoms with Gasteiger partial charge in [0.1, 0.15) is 5.69 Å². The first kappa shape index (κ1) is 14.6. The second-order valence-electron chi connectivity index (χ2n) is 4.88. The van der Waals surface area contributed by atoms with Crippen molar-refractivity contribution in [3.63, 3.8) is 0 Å². The Kier molecular flexibility index (Phi) is 5.71. The lowest BCUT2D eigenvalue weighted by atomic mass is 10.2. The molecule has 0 bridgehead atoms. The van der Waals surface area contributed by atoms with E-state index in [1.807, 2.05) is 0 Å². The van der Waals surface area contributed by atoms with Gasteiger partial charge < -0.3 is 20.9 Å². The summed E-state index contributed by atoms with van der Waals surface area (Å²) in [7, 11) is 2.12. The van der Waals surface area contributed by atoms with Gasteiger partial charge in [-0.15, -0.1) is 0 Å². The first-order valence-corrected chi connectivity index (χ1v) is 6.43. The third kappa shape index (κ3) is 4.79. The van der Waals surface area contributed by atoms with E-state index in [1.165, 1.54) is 0 Å². The van der Waals surface area contributed by atoms with Crippen molar-refractivity contribution in [1.82, 2.24) is 15.2 Å². The number of aromatic amines is 1. The highest BCUT2D eigenvalue weighted by Gasteiger charge is 2.06. The maximum Gasteiger partial charge on any atom is 0.267 e. The highest BCUT2D eigenvalue weighted by atomic mass is 16.1. The van der Waals surface area contributed by atoms with E-state index in [-0.39, 0.29) is 5.91 Å². The molecule has 0 unspecified atom stereocenters. The number of amides is 1. The number of hydrogen-bond donors (Lipinski definition) is 3. The summed E-state index contributed by atoms with van der Waals surface area (Å²) in [4.78, 5) is 16.8. The zero-order chi connectivity index (χ0) is 13.5. The summed E-state index contributed by atoms with van der Waals surface area (Å²) in [5, 5.41) is 2.87. The number of nitrogen functional groups attached to an aromatic ring is 1. The van der Waals surface area contributed by atoms with Gasteiger partial charge >= 0.3 is 0 Å². The number of hydrogen-bond acceptors (Lipinski definition) is 3. The molecule has 1 rings (SSSR count). The minimum absolute atomic E-state index is 0.0936. The van der Waals surface area contributed by atoms with Gasteiger partial charge in [0.15, 0.2) is 0 Å². The molecule has 18 heavy (non-hydrogen) atoms. The summed E-state index contributed by atoms with van der Waals surface area (Å²) in [5.41, 5.74) is 6.64. The molecule has 0 saturated carbocycles. The van der Waals surface area contributed by atoms with Crippen LogP contribution in [0.5, 0.6) is 0 Å². The largest absolute Gasteiger partial charge is 0.397 e. The second-order valence-corrected chi connectivity index (χ2v) is 4.88. The normalized spacial score (nSPS) is 11.2. The molecule has 1 aromatic heterocycles. The molecule has 1 aromatic rings. The van der Waals surface area contributed by atoms with E-state index in [1.54, 1.807) is 12.3 Å². The van der Waals surface area contributed by atoms with Crippen LogP contribution in [0, 0.1) is 0 Å². The van der Waals surface area contributed by atoms with Gasteiger partial charge in [0.05, 0.1) is 0 Å². The molecule has 5 heteroatoms. The molecule has 5 nitrogen and oxygen atoms in total. The first-order chi connectivity index (χ1) is 8.50. The van der Waals surface area contributed by atoms with Crippen LogP contribution in [0.4, 0.5) is 5.69 Å². The summed E-state index contributed by atoms with van der Waals surface area (Å²) >= 11 is 0. The van der Waals surface area contributed by atoms with Crippen molar-refractivity contribution in [1.29, 1.82) is 0 Å². The summed E-state index contributed by atoms with van der Waals surface area (Å²) in [6, 6.07) is 2.21. The highest BCUT2D eigenvalue weighted by molar-refractivity contribution is 5.93. The van der Waals surface area contributed by atoms with Crippen molar-refractivity contribution >= 4 is 11.6 Å². The molecule has 0 radical (unpaired) electrons. The van der Waals surface area contributed by atoms with Crippen LogP contribution in [-0.2, 0) is 0 Å². The third-order valence-corrected chi connectivity index (χ3v) is 3.05. The average Bonchev–Trinajstić information content (AvgIpc) is 2.74. The average molecular weight is 252 g/mol. The van der Waals surface area contributed by atoms with Crippen molar-refractivity contribution in [2.24, 2.45) is 0 Å². The number of nitrogens with zero attached hydrogens (tertiary/aromatic N) is 1. The van der Waals surface area contributed by atoms with Crippen LogP contribution in [-0.4, -0.2) is 42.0 Å². The van der Waals surface area contributed by atoms with E-state index < -0.39 is 0 Å². The molecule has 4 N–H and O–H groups in total. The quantitative estimate of drug-likeness (QED) is 0.643. The lowest BCUT2D eigenvalue weighted by Gasteiger charge is -2.20. The Morgan fingerprint density at radius 1 is 1.50 bits per heavy atom. The zero-order valence-corrected chi connectivity index (χ0v) is 11.5. The molecular formula is C13H24N4O. The smallest absolute Gasteiger partial charge is 0.267 e. The number of carbonyl (C=O) groups excluding carboxylic acids is 1. The van der Waals surface area contributed by atoms with Crippen LogP contribution in [0.25, 0.3) is 0 Å². The molecule has 0 aromatic carbocycles. The van der Waals surface area contributed by atoms with Gasteiger partial charge in [0, 0.05) is 24.5 Å². The van der Waals surface area contributed by atoms with E-state index in [4.69, 9.17) is 5.73 Å². The molecule has 0 aliphatic rings. The Bertz CT molecular complexity index is 373. The minimum atomic E-state index is -0.0936. The van der Waals surface area contributed by atoms with Crippen molar-refractivity contribution in [3.05, 3.63) is 18.0 Å². The van der Waals surface area contributed by atoms with Gasteiger partial charge in [-0.05, 0) is 46.3 Å². The van der Waals surface area contributed by atoms with Crippen molar-refractivity contribution < 1.29 is 4.79 Å². The van der Waals surface area contributed by atoms with Gasteiger partial charge in [-0.2, -0.15) is 0 Å². The maximum atomic E-state index is 11.7. The Morgan fingerprint density at radius 2 is 2.22 bits per heavy atom. The summed E-state index contributed by atoms with van der Waals surface area (Å²) < 4.78 is 0. The summed E-state index contributed by atoms with van der Waals surface area (Å²) in [6.07, 6.45) is 3.69. The SMILES string of the molecule is CC(C)N(C)CCCCNC(=O)c1cc(N)c[nH]1. The lowest BCUT2D eigenvalue weighted by molar-refractivity contribution is 0.0948. The molecule has 0 aliphatic heterocycles. The fourth-order valence-electron chi connectivity index (χ4n) is 1.58. The Balaban J connectivity index is 2.13. The Hall–Kier alpha value is -1.49. The monoisotopic (exact) mass is 252 g/mol. The highest BCUT2D eigenvalue weighted by Crippen LogP contribution is 2.04. The van der Waals surface area contributed by atoms with Crippen molar-refractivity contribution in [2.45, 2.75) is 32.7 Å². The van der Waals surface area contributed by atoms with Gasteiger partial charge in [-0.1, -0.05) is 0 Å². The summed E-state index contributed by atoms with van der Waals surface area (Å²) in [5.74, 6) is -0.0936. The molecule has 102 valence electrons. The van der Waals surface area contributed by atoms with E-state index in [2.05, 4.69) is 36.1 Å². The first-order valence-electron chi connectivity index (χ1n) is 6.43. The number of anilines is 1. The Morgan fingerprint density at radius 3 is 2.78 bits per heavy atom. The van der Waals surface area contributed by atoms with Gasteiger partial charge in [0.2, 0.25) is 0 Å². The van der Waals surface area contributed by atoms with E-state index in [0.29, 0.717) is 24.0 Å². The maximum absolute atomic E-state index is 11.7. The Labute approximate surface area is 109 Å². The van der Waals surface area contributed by atoms with Crippen LogP contribution in [0.15, 0.2) is 12.3 Å². The van der Waals surface area contributed by atoms with Crippen LogP contribution >= 0.6 is 0 Å². The van der Waals surface area contributed by atoms with Crippen LogP contribution in [0.3, 0.4) is 0 Å². The topological polar surface area (TPSA) is 74.2 Å². The second kappa shape index (κ2) is 7.06. The van der Waals surface area contributed by atoms with Crippen molar-refractivity contribution in [2.75, 3.05) is 25.9 Å². The van der Waals surface area contributed by atoms with E-state index in [9.17, 15) is 4.79 Å². The number of unbranched alkanes of at least 4 members (excludes halogenated alkanes) is 1. The lowest BCUT2D eigenvalue weighted by Crippen LogP contribution is -2.29. The molecule has 0 fully saturated rings. The zero-order valence-electron chi connectivity index (χ0n) is 11.5. The van der Waals surface area contributed by atoms with Crippen molar-refractivity contribution in [3.8, 4) is 0 Å². The molecule has 0 aliphatic carbocycles. The van der Waals surface area contributed by atoms with Gasteiger partial charge in [0.25, 0.3) is 5.91 Å². The van der Waals surface area contributed by atoms with Gasteiger partial charge in [-0.25, -0.2) is 0 Å². The molecule has 0 spiro atoms. The fraction of sp³-hybridized carbons (Fsp3) is 0.615. The predicted molar refractivity (Wildman–Crippen MR) is 74.5 cm³/mol. The van der Waals surface area contributed by atoms with Gasteiger partial charge in [-0.3, -0.25) is 4.79 Å². The number of nitrogens with one attached hydrogen (secondary N) is 2. The predicted octanol–water partition coefficient (Wildman–Crippen LogP) is 1.45. The summed E-state index contributed by atoms with van der Waals surface area (Å²) in [6.45, 7) is 6.11. The number of H-pyrrole nitrogens is 1. The van der Waals surface area contributed by atoms with Crippen LogP contribution in [0.2, 0.25) is 0 Å². The number of rotatable bonds is 7. The molecule has 1 amide bonds. The number of aromatic nitrogens is 1. The van der Waals surface area contributed by atoms with E-state index in [0.717, 1.165) is 19.4 Å². The third-order valence-electron chi connectivity index (χ3n) is 3.05. The van der Waals surface area contributed by atoms with Crippen LogP contribution in [0.1, 0.15) is 37.2 Å². The molecule has 0 saturated heterocycles. The number of carbonyl (C=O) groups is 1. The molecule has 0 atom stereocenters. The van der Waals surface area contributed by atoms with Crippen LogP contribution < -0.4 is 11.1 Å². The fourth-order valence-corrected chi connectivity index (χ4v) is 1.58. The number of nitrogens with two attached hydrogens (primary N) is 1. The standard InChI is InChI=1S/C13H24N4O/c1-10(2)17(3)7-5-4-6-15-13(18)12-8-11(14)9-16-12/h8-10,16H,4-7,14H2,1-3H3,(H,15,18). The van der Waals surface area contributed by atoms with E-state index >= 15 is 0 Å².